The van der Waals surface area contributed by atoms with Crippen molar-refractivity contribution in [1.82, 2.24) is 9.80 Å². The fourth-order valence-electron chi connectivity index (χ4n) is 2.99. The van der Waals surface area contributed by atoms with Crippen LogP contribution in [0.3, 0.4) is 0 Å². The average molecular weight is 255 g/mol. The molecule has 1 heterocycles. The summed E-state index contributed by atoms with van der Waals surface area (Å²) < 4.78 is 0. The zero-order valence-electron chi connectivity index (χ0n) is 13.1. The molecule has 1 saturated heterocycles. The van der Waals surface area contributed by atoms with Crippen LogP contribution in [0.4, 0.5) is 0 Å². The van der Waals surface area contributed by atoms with Crippen molar-refractivity contribution in [2.75, 3.05) is 33.2 Å². The predicted molar refractivity (Wildman–Crippen MR) is 79.8 cm³/mol. The minimum Gasteiger partial charge on any atom is -0.330 e. The summed E-state index contributed by atoms with van der Waals surface area (Å²) >= 11 is 0. The Morgan fingerprint density at radius 3 is 2.17 bits per heavy atom. The van der Waals surface area contributed by atoms with Gasteiger partial charge in [-0.05, 0) is 58.7 Å². The van der Waals surface area contributed by atoms with Gasteiger partial charge in [0.25, 0.3) is 0 Å². The molecule has 0 spiro atoms. The van der Waals surface area contributed by atoms with Crippen LogP contribution < -0.4 is 5.73 Å². The fraction of sp³-hybridized carbons (Fsp3) is 1.00. The highest BCUT2D eigenvalue weighted by Crippen LogP contribution is 2.26. The zero-order valence-corrected chi connectivity index (χ0v) is 13.1. The summed E-state index contributed by atoms with van der Waals surface area (Å²) in [6.07, 6.45) is 3.73. The molecule has 3 nitrogen and oxygen atoms in total. The van der Waals surface area contributed by atoms with Gasteiger partial charge in [-0.15, -0.1) is 0 Å². The Morgan fingerprint density at radius 1 is 1.11 bits per heavy atom. The van der Waals surface area contributed by atoms with Crippen LogP contribution in [0.25, 0.3) is 0 Å². The third-order valence-corrected chi connectivity index (χ3v) is 4.58. The number of hydrogen-bond acceptors (Lipinski definition) is 3. The first-order valence-electron chi connectivity index (χ1n) is 7.50. The standard InChI is InChI=1S/C15H33N3/c1-13-11-18(12-14(2)17(13)5)10-6-7-15(3,4)8-9-16/h13-14H,6-12,16H2,1-5H3. The van der Waals surface area contributed by atoms with Crippen LogP contribution in [-0.2, 0) is 0 Å². The number of nitrogens with two attached hydrogens (primary N) is 1. The molecule has 1 aliphatic heterocycles. The molecule has 2 N–H and O–H groups in total. The van der Waals surface area contributed by atoms with Gasteiger partial charge in [-0.25, -0.2) is 0 Å². The monoisotopic (exact) mass is 255 g/mol. The lowest BCUT2D eigenvalue weighted by atomic mass is 9.84. The molecule has 2 unspecified atom stereocenters. The van der Waals surface area contributed by atoms with Gasteiger partial charge < -0.3 is 10.6 Å². The van der Waals surface area contributed by atoms with Crippen molar-refractivity contribution in [2.24, 2.45) is 11.1 Å². The first kappa shape index (κ1) is 15.9. The highest BCUT2D eigenvalue weighted by Gasteiger charge is 2.26. The Morgan fingerprint density at radius 2 is 1.67 bits per heavy atom. The third-order valence-electron chi connectivity index (χ3n) is 4.58. The molecule has 0 aromatic heterocycles. The summed E-state index contributed by atoms with van der Waals surface area (Å²) in [5.41, 5.74) is 6.08. The van der Waals surface area contributed by atoms with Crippen molar-refractivity contribution in [2.45, 2.75) is 59.0 Å². The second-order valence-corrected chi connectivity index (χ2v) is 6.93. The van der Waals surface area contributed by atoms with Crippen LogP contribution in [0.1, 0.15) is 47.0 Å². The van der Waals surface area contributed by atoms with E-state index in [2.05, 4.69) is 44.5 Å². The Labute approximate surface area is 114 Å². The molecule has 1 rings (SSSR count). The molecule has 1 aliphatic rings. The van der Waals surface area contributed by atoms with E-state index in [1.54, 1.807) is 0 Å². The van der Waals surface area contributed by atoms with Crippen LogP contribution in [-0.4, -0.2) is 55.1 Å². The fourth-order valence-corrected chi connectivity index (χ4v) is 2.99. The van der Waals surface area contributed by atoms with Gasteiger partial charge in [0.1, 0.15) is 0 Å². The topological polar surface area (TPSA) is 32.5 Å². The number of piperazine rings is 1. The lowest BCUT2D eigenvalue weighted by molar-refractivity contribution is 0.0572. The van der Waals surface area contributed by atoms with Crippen LogP contribution in [0, 0.1) is 5.41 Å². The van der Waals surface area contributed by atoms with E-state index >= 15 is 0 Å². The number of rotatable bonds is 6. The van der Waals surface area contributed by atoms with Gasteiger partial charge in [-0.1, -0.05) is 13.8 Å². The zero-order chi connectivity index (χ0) is 13.8. The Bertz CT molecular complexity index is 228. The maximum absolute atomic E-state index is 5.66. The molecule has 1 fully saturated rings. The smallest absolute Gasteiger partial charge is 0.0195 e. The molecule has 3 heteroatoms. The van der Waals surface area contributed by atoms with Crippen LogP contribution in [0.5, 0.6) is 0 Å². The largest absolute Gasteiger partial charge is 0.330 e. The van der Waals surface area contributed by atoms with Crippen molar-refractivity contribution in [3.8, 4) is 0 Å². The first-order chi connectivity index (χ1) is 8.35. The summed E-state index contributed by atoms with van der Waals surface area (Å²) in [4.78, 5) is 5.13. The molecule has 0 saturated carbocycles. The second-order valence-electron chi connectivity index (χ2n) is 6.93. The van der Waals surface area contributed by atoms with E-state index in [4.69, 9.17) is 5.73 Å². The maximum Gasteiger partial charge on any atom is 0.0195 e. The Hall–Kier alpha value is -0.120. The van der Waals surface area contributed by atoms with Crippen molar-refractivity contribution in [1.29, 1.82) is 0 Å². The molecule has 2 atom stereocenters. The number of likely N-dealkylation sites (N-methyl/N-ethyl adjacent to an activating group) is 1. The van der Waals surface area contributed by atoms with Gasteiger partial charge >= 0.3 is 0 Å². The molecule has 108 valence electrons. The van der Waals surface area contributed by atoms with Crippen LogP contribution in [0.15, 0.2) is 0 Å². The number of nitrogens with zero attached hydrogens (tertiary/aromatic N) is 2. The molecule has 18 heavy (non-hydrogen) atoms. The molecular formula is C15H33N3. The highest BCUT2D eigenvalue weighted by atomic mass is 15.3. The van der Waals surface area contributed by atoms with Gasteiger partial charge in [-0.2, -0.15) is 0 Å². The van der Waals surface area contributed by atoms with E-state index < -0.39 is 0 Å². The Balaban J connectivity index is 2.28. The van der Waals surface area contributed by atoms with E-state index in [0.717, 1.165) is 13.0 Å². The summed E-state index contributed by atoms with van der Waals surface area (Å²) in [6.45, 7) is 13.9. The quantitative estimate of drug-likeness (QED) is 0.789. The second kappa shape index (κ2) is 6.88. The van der Waals surface area contributed by atoms with Crippen molar-refractivity contribution in [3.63, 3.8) is 0 Å². The van der Waals surface area contributed by atoms with Crippen LogP contribution >= 0.6 is 0 Å². The van der Waals surface area contributed by atoms with E-state index in [9.17, 15) is 0 Å². The van der Waals surface area contributed by atoms with Gasteiger partial charge in [-0.3, -0.25) is 4.90 Å². The minimum atomic E-state index is 0.415. The lowest BCUT2D eigenvalue weighted by Gasteiger charge is -2.42. The van der Waals surface area contributed by atoms with E-state index in [-0.39, 0.29) is 0 Å². The van der Waals surface area contributed by atoms with E-state index in [0.29, 0.717) is 17.5 Å². The molecular weight excluding hydrogens is 222 g/mol. The highest BCUT2D eigenvalue weighted by molar-refractivity contribution is 4.82. The SMILES string of the molecule is CC1CN(CCCC(C)(C)CCN)CC(C)N1C. The van der Waals surface area contributed by atoms with Crippen molar-refractivity contribution < 1.29 is 0 Å². The lowest BCUT2D eigenvalue weighted by Crippen LogP contribution is -2.55. The summed E-state index contributed by atoms with van der Waals surface area (Å²) in [7, 11) is 2.25. The number of hydrogen-bond donors (Lipinski definition) is 1. The molecule has 0 amide bonds. The predicted octanol–water partition coefficient (Wildman–Crippen LogP) is 2.17. The van der Waals surface area contributed by atoms with E-state index in [1.165, 1.54) is 32.5 Å². The molecule has 0 bridgehead atoms. The molecule has 0 aliphatic carbocycles. The van der Waals surface area contributed by atoms with Crippen LogP contribution in [0.2, 0.25) is 0 Å². The maximum atomic E-state index is 5.66. The molecule has 0 aromatic carbocycles. The average Bonchev–Trinajstić information content (AvgIpc) is 2.25. The van der Waals surface area contributed by atoms with E-state index in [1.807, 2.05) is 0 Å². The van der Waals surface area contributed by atoms with Crippen molar-refractivity contribution in [3.05, 3.63) is 0 Å². The van der Waals surface area contributed by atoms with Crippen molar-refractivity contribution >= 4 is 0 Å². The summed E-state index contributed by atoms with van der Waals surface area (Å²) in [6, 6.07) is 1.37. The van der Waals surface area contributed by atoms with Gasteiger partial charge in [0.05, 0.1) is 0 Å². The minimum absolute atomic E-state index is 0.415. The third kappa shape index (κ3) is 4.87. The van der Waals surface area contributed by atoms with Gasteiger partial charge in [0.2, 0.25) is 0 Å². The molecule has 0 aromatic rings. The summed E-state index contributed by atoms with van der Waals surface area (Å²) in [5.74, 6) is 0. The molecule has 0 radical (unpaired) electrons. The first-order valence-corrected chi connectivity index (χ1v) is 7.50. The van der Waals surface area contributed by atoms with Gasteiger partial charge in [0.15, 0.2) is 0 Å². The normalized spacial score (nSPS) is 27.7. The summed E-state index contributed by atoms with van der Waals surface area (Å²) in [5, 5.41) is 0. The van der Waals surface area contributed by atoms with Gasteiger partial charge in [0, 0.05) is 25.2 Å². The Kier molecular flexibility index (Phi) is 6.09.